The first-order valence-corrected chi connectivity index (χ1v) is 3.31. The summed E-state index contributed by atoms with van der Waals surface area (Å²) < 4.78 is 50.1. The molecule has 1 aromatic rings. The first kappa shape index (κ1) is 6.48. The molecular weight excluding hydrogens is 167 g/mol. The molecule has 0 saturated carbocycles. The molecule has 2 N–H and O–H groups in total. The van der Waals surface area contributed by atoms with Crippen molar-refractivity contribution in [3.05, 3.63) is 35.4 Å². The zero-order valence-electron chi connectivity index (χ0n) is 8.10. The fraction of sp³-hybridized carbons (Fsp3) is 0.250. The average molecular weight is 177 g/mol. The molecule has 0 spiro atoms. The third-order valence-corrected chi connectivity index (χ3v) is 1.44. The first-order chi connectivity index (χ1) is 6.39. The summed E-state index contributed by atoms with van der Waals surface area (Å²) >= 11 is 0. The minimum atomic E-state index is -4.37. The van der Waals surface area contributed by atoms with Crippen molar-refractivity contribution in [2.24, 2.45) is 5.72 Å². The fourth-order valence-electron chi connectivity index (χ4n) is 0.846. The van der Waals surface area contributed by atoms with Crippen LogP contribution < -0.4 is 5.72 Å². The summed E-state index contributed by atoms with van der Waals surface area (Å²) in [5.41, 5.74) is -0.128. The van der Waals surface area contributed by atoms with Crippen molar-refractivity contribution in [3.8, 4) is 0 Å². The molecule has 1 nitrogen and oxygen atoms in total. The lowest BCUT2D eigenvalue weighted by atomic mass is 10.1. The zero-order chi connectivity index (χ0) is 10.8. The van der Waals surface area contributed by atoms with Crippen molar-refractivity contribution < 1.29 is 16.0 Å². The van der Waals surface area contributed by atoms with Crippen molar-refractivity contribution in [3.63, 3.8) is 0 Å². The molecule has 66 valence electrons. The molecule has 0 aliphatic heterocycles. The summed E-state index contributed by atoms with van der Waals surface area (Å²) in [5, 5.41) is 0. The molecule has 0 heterocycles. The Morgan fingerprint density at radius 3 is 2.75 bits per heavy atom. The Kier molecular flexibility index (Phi) is 1.70. The van der Waals surface area contributed by atoms with E-state index >= 15 is 0 Å². The molecular formula is C8H8F3N. The van der Waals surface area contributed by atoms with Gasteiger partial charge in [0.05, 0.1) is 5.56 Å². The molecule has 0 unspecified atom stereocenters. The van der Waals surface area contributed by atoms with E-state index in [2.05, 4.69) is 0 Å². The number of alkyl halides is 3. The van der Waals surface area contributed by atoms with E-state index in [9.17, 15) is 13.2 Å². The maximum absolute atomic E-state index is 12.2. The van der Waals surface area contributed by atoms with Crippen molar-refractivity contribution >= 4 is 0 Å². The highest BCUT2D eigenvalue weighted by atomic mass is 19.4. The Labute approximate surface area is 70.9 Å². The van der Waals surface area contributed by atoms with Crippen LogP contribution in [0.2, 0.25) is 2.82 Å². The predicted octanol–water partition coefficient (Wildman–Crippen LogP) is 2.16. The minimum Gasteiger partial charge on any atom is -0.326 e. The van der Waals surface area contributed by atoms with Crippen LogP contribution in [0.5, 0.6) is 0 Å². The topological polar surface area (TPSA) is 26.0 Å². The summed E-state index contributed by atoms with van der Waals surface area (Å²) in [7, 11) is 0. The van der Waals surface area contributed by atoms with Crippen LogP contribution in [-0.2, 0) is 12.7 Å². The number of nitrogens with two attached hydrogens (primary N) is 1. The van der Waals surface area contributed by atoms with E-state index in [1.54, 1.807) is 0 Å². The molecule has 4 heteroatoms. The maximum atomic E-state index is 12.2. The van der Waals surface area contributed by atoms with Gasteiger partial charge in [-0.15, -0.1) is 0 Å². The lowest BCUT2D eigenvalue weighted by Gasteiger charge is -2.06. The lowest BCUT2D eigenvalue weighted by Crippen LogP contribution is -2.06. The van der Waals surface area contributed by atoms with E-state index < -0.39 is 11.7 Å². The molecule has 0 aliphatic rings. The zero-order valence-corrected chi connectivity index (χ0v) is 6.10. The summed E-state index contributed by atoms with van der Waals surface area (Å²) in [6.45, 7) is -0.149. The third kappa shape index (κ3) is 1.98. The molecule has 0 aliphatic carbocycles. The normalized spacial score (nSPS) is 14.3. The van der Waals surface area contributed by atoms with E-state index in [-0.39, 0.29) is 6.54 Å². The van der Waals surface area contributed by atoms with Crippen LogP contribution in [0.3, 0.4) is 0 Å². The molecule has 0 amide bonds. The standard InChI is InChI=1S/C8H8F3N/c9-8(10,11)7-3-1-2-6(4-7)5-12/h1-4H,5,12H2/i/hD2. The molecule has 0 bridgehead atoms. The Bertz CT molecular complexity index is 312. The number of hydrogen-bond donors (Lipinski definition) is 1. The smallest absolute Gasteiger partial charge is 0.326 e. The van der Waals surface area contributed by atoms with Gasteiger partial charge in [0.25, 0.3) is 0 Å². The highest BCUT2D eigenvalue weighted by Gasteiger charge is 2.30. The van der Waals surface area contributed by atoms with Gasteiger partial charge in [0, 0.05) is 6.54 Å². The first-order valence-electron chi connectivity index (χ1n) is 4.20. The van der Waals surface area contributed by atoms with E-state index in [0.29, 0.717) is 11.3 Å². The van der Waals surface area contributed by atoms with Gasteiger partial charge >= 0.3 is 6.18 Å². The van der Waals surface area contributed by atoms with Gasteiger partial charge in [-0.3, -0.25) is 0 Å². The summed E-state index contributed by atoms with van der Waals surface area (Å²) in [6, 6.07) is 4.62. The second-order valence-corrected chi connectivity index (χ2v) is 2.36. The molecule has 0 aromatic heterocycles. The minimum absolute atomic E-state index is 0.149. The van der Waals surface area contributed by atoms with Crippen molar-refractivity contribution in [1.82, 2.24) is 0 Å². The van der Waals surface area contributed by atoms with Crippen molar-refractivity contribution in [2.45, 2.75) is 12.7 Å². The fourth-order valence-corrected chi connectivity index (χ4v) is 0.846. The Morgan fingerprint density at radius 1 is 1.42 bits per heavy atom. The second kappa shape index (κ2) is 3.15. The van der Waals surface area contributed by atoms with Gasteiger partial charge in [-0.05, 0) is 11.6 Å². The molecule has 1 aromatic carbocycles. The third-order valence-electron chi connectivity index (χ3n) is 1.44. The van der Waals surface area contributed by atoms with Gasteiger partial charge in [-0.1, -0.05) is 18.2 Å². The molecule has 12 heavy (non-hydrogen) atoms. The molecule has 0 atom stereocenters. The average Bonchev–Trinajstić information content (AvgIpc) is 2.01. The number of hydrogen-bond acceptors (Lipinski definition) is 1. The molecule has 0 saturated heterocycles. The van der Waals surface area contributed by atoms with Crippen LogP contribution >= 0.6 is 0 Å². The summed E-state index contributed by atoms with van der Waals surface area (Å²) in [4.78, 5) is 0. The highest BCUT2D eigenvalue weighted by molar-refractivity contribution is 5.25. The second-order valence-electron chi connectivity index (χ2n) is 2.36. The van der Waals surface area contributed by atoms with Crippen LogP contribution in [0.4, 0.5) is 13.2 Å². The van der Waals surface area contributed by atoms with Gasteiger partial charge < -0.3 is 5.72 Å². The van der Waals surface area contributed by atoms with Gasteiger partial charge in [0.15, 0.2) is 0 Å². The van der Waals surface area contributed by atoms with E-state index in [1.807, 2.05) is 0 Å². The van der Waals surface area contributed by atoms with Gasteiger partial charge in [-0.25, -0.2) is 0 Å². The number of rotatable bonds is 2. The Morgan fingerprint density at radius 2 is 2.17 bits per heavy atom. The predicted molar refractivity (Wildman–Crippen MR) is 39.3 cm³/mol. The number of benzene rings is 1. The van der Waals surface area contributed by atoms with Crippen LogP contribution in [0.1, 0.15) is 11.1 Å². The van der Waals surface area contributed by atoms with Gasteiger partial charge in [0.1, 0.15) is 2.82 Å². The van der Waals surface area contributed by atoms with Crippen LogP contribution in [-0.4, -0.2) is 0 Å². The van der Waals surface area contributed by atoms with Crippen LogP contribution in [0.25, 0.3) is 0 Å². The van der Waals surface area contributed by atoms with E-state index in [4.69, 9.17) is 2.82 Å². The Hall–Kier alpha value is -1.03. The molecule has 1 rings (SSSR count). The van der Waals surface area contributed by atoms with E-state index in [0.717, 1.165) is 12.1 Å². The Balaban J connectivity index is 2.90. The maximum Gasteiger partial charge on any atom is 0.416 e. The van der Waals surface area contributed by atoms with Crippen LogP contribution in [0.15, 0.2) is 24.3 Å². The highest BCUT2D eigenvalue weighted by Crippen LogP contribution is 2.29. The summed E-state index contributed by atoms with van der Waals surface area (Å²) in [5.74, 6) is 0. The monoisotopic (exact) mass is 177 g/mol. The SMILES string of the molecule is [2H]N([2H])Cc1cccc(C(F)(F)F)c1. The van der Waals surface area contributed by atoms with Crippen molar-refractivity contribution in [1.29, 1.82) is 0 Å². The quantitative estimate of drug-likeness (QED) is 0.736. The lowest BCUT2D eigenvalue weighted by molar-refractivity contribution is -0.137. The van der Waals surface area contributed by atoms with Crippen LogP contribution in [0, 0.1) is 0 Å². The van der Waals surface area contributed by atoms with Crippen molar-refractivity contribution in [2.75, 3.05) is 0 Å². The molecule has 0 radical (unpaired) electrons. The molecule has 0 fully saturated rings. The van der Waals surface area contributed by atoms with Gasteiger partial charge in [-0.2, -0.15) is 13.2 Å². The van der Waals surface area contributed by atoms with E-state index in [1.165, 1.54) is 12.1 Å². The van der Waals surface area contributed by atoms with Gasteiger partial charge in [0.2, 0.25) is 0 Å². The summed E-state index contributed by atoms with van der Waals surface area (Å²) in [6.07, 6.45) is -4.37. The number of halogens is 3. The largest absolute Gasteiger partial charge is 0.416 e.